The summed E-state index contributed by atoms with van der Waals surface area (Å²) in [4.78, 5) is 12.9. The van der Waals surface area contributed by atoms with Crippen LogP contribution in [0.15, 0.2) is 6.33 Å². The average molecular weight is 458 g/mol. The number of unbranched alkanes of at least 4 members (excludes halogenated alkanes) is 5. The van der Waals surface area contributed by atoms with Crippen LogP contribution in [0.2, 0.25) is 0 Å². The van der Waals surface area contributed by atoms with Gasteiger partial charge in [0.2, 0.25) is 11.8 Å². The maximum absolute atomic E-state index is 12.4. The number of hydrogen-bond donors (Lipinski definition) is 1. The fourth-order valence-corrected chi connectivity index (χ4v) is 5.01. The number of nitrogen functional groups attached to an aromatic ring is 1. The van der Waals surface area contributed by atoms with E-state index in [1.165, 1.54) is 0 Å². The molecule has 10 nitrogen and oxygen atoms in total. The van der Waals surface area contributed by atoms with Gasteiger partial charge in [0.25, 0.3) is 0 Å². The van der Waals surface area contributed by atoms with Crippen LogP contribution in [0, 0.1) is 0 Å². The molecule has 0 aromatic carbocycles. The van der Waals surface area contributed by atoms with Crippen LogP contribution < -0.4 is 10.5 Å². The Morgan fingerprint density at radius 3 is 2.35 bits per heavy atom. The molecule has 0 bridgehead atoms. The number of ether oxygens (including phenoxy) is 2. The quantitative estimate of drug-likeness (QED) is 0.277. The summed E-state index contributed by atoms with van der Waals surface area (Å²) in [7, 11) is -1.29. The van der Waals surface area contributed by atoms with Crippen LogP contribution in [0.1, 0.15) is 52.4 Å². The van der Waals surface area contributed by atoms with Crippen molar-refractivity contribution in [3.05, 3.63) is 6.33 Å². The fraction of sp³-hybridized carbons (Fsp3) is 0.750. The van der Waals surface area contributed by atoms with Crippen LogP contribution >= 0.6 is 7.60 Å². The molecular formula is C20H36N5O5P. The summed E-state index contributed by atoms with van der Waals surface area (Å²) in [6.45, 7) is 6.14. The maximum Gasteiger partial charge on any atom is 0.330 e. The van der Waals surface area contributed by atoms with Gasteiger partial charge in [0.1, 0.15) is 6.61 Å². The number of fused-ring (bicyclic) bond motifs is 1. The lowest BCUT2D eigenvalue weighted by Gasteiger charge is -2.16. The first kappa shape index (κ1) is 25.5. The molecule has 2 heterocycles. The lowest BCUT2D eigenvalue weighted by molar-refractivity contribution is 0.144. The summed E-state index contributed by atoms with van der Waals surface area (Å²) in [6.07, 6.45) is 8.41. The molecule has 2 aromatic heterocycles. The Labute approximate surface area is 184 Å². The lowest BCUT2D eigenvalue weighted by atomic mass is 10.1. The van der Waals surface area contributed by atoms with E-state index in [2.05, 4.69) is 15.0 Å². The molecule has 0 spiro atoms. The summed E-state index contributed by atoms with van der Waals surface area (Å²) in [5.41, 5.74) is 7.13. The highest BCUT2D eigenvalue weighted by Crippen LogP contribution is 2.48. The van der Waals surface area contributed by atoms with Crippen LogP contribution in [0.3, 0.4) is 0 Å². The summed E-state index contributed by atoms with van der Waals surface area (Å²) in [5.74, 6) is 0.549. The zero-order valence-electron chi connectivity index (χ0n) is 18.9. The largest absolute Gasteiger partial charge is 0.474 e. The second-order valence-corrected chi connectivity index (χ2v) is 9.32. The van der Waals surface area contributed by atoms with Crippen molar-refractivity contribution in [1.82, 2.24) is 19.5 Å². The number of hydrogen-bond acceptors (Lipinski definition) is 9. The van der Waals surface area contributed by atoms with Gasteiger partial charge in [-0.3, -0.25) is 4.57 Å². The number of methoxy groups -OCH3 is 1. The minimum Gasteiger partial charge on any atom is -0.474 e. The van der Waals surface area contributed by atoms with Crippen LogP contribution in [0.4, 0.5) is 5.95 Å². The van der Waals surface area contributed by atoms with E-state index in [0.29, 0.717) is 49.6 Å². The number of aromatic nitrogens is 4. The Morgan fingerprint density at radius 1 is 1.00 bits per heavy atom. The SMILES string of the molecule is CCOP(=O)(CCCCCCCCn1cnc2c(OCCOC)nc(N)nc21)OCC. The maximum atomic E-state index is 12.4. The van der Waals surface area contributed by atoms with Gasteiger partial charge in [-0.25, -0.2) is 4.98 Å². The van der Waals surface area contributed by atoms with E-state index in [0.717, 1.165) is 45.1 Å². The van der Waals surface area contributed by atoms with Crippen LogP contribution in [0.25, 0.3) is 11.2 Å². The van der Waals surface area contributed by atoms with Crippen LogP contribution in [-0.4, -0.2) is 59.2 Å². The van der Waals surface area contributed by atoms with Crippen molar-refractivity contribution >= 4 is 24.7 Å². The van der Waals surface area contributed by atoms with Crippen molar-refractivity contribution in [3.63, 3.8) is 0 Å². The van der Waals surface area contributed by atoms with E-state index >= 15 is 0 Å². The molecule has 2 N–H and O–H groups in total. The second-order valence-electron chi connectivity index (χ2n) is 7.13. The highest BCUT2D eigenvalue weighted by molar-refractivity contribution is 7.53. The van der Waals surface area contributed by atoms with Gasteiger partial charge >= 0.3 is 7.60 Å². The number of nitrogens with two attached hydrogens (primary N) is 1. The van der Waals surface area contributed by atoms with Gasteiger partial charge in [-0.15, -0.1) is 0 Å². The zero-order valence-corrected chi connectivity index (χ0v) is 19.8. The first-order valence-corrected chi connectivity index (χ1v) is 12.7. The first-order chi connectivity index (χ1) is 15.0. The molecule has 11 heteroatoms. The molecule has 0 radical (unpaired) electrons. The van der Waals surface area contributed by atoms with Crippen LogP contribution in [-0.2, 0) is 24.9 Å². The van der Waals surface area contributed by atoms with E-state index in [-0.39, 0.29) is 5.95 Å². The van der Waals surface area contributed by atoms with Crippen molar-refractivity contribution in [2.45, 2.75) is 58.9 Å². The van der Waals surface area contributed by atoms with Crippen molar-refractivity contribution in [2.24, 2.45) is 0 Å². The second kappa shape index (κ2) is 13.6. The number of aryl methyl sites for hydroxylation is 1. The molecule has 0 saturated heterocycles. The molecule has 31 heavy (non-hydrogen) atoms. The molecule has 0 amide bonds. The number of imidazole rings is 1. The molecule has 0 unspecified atom stereocenters. The van der Waals surface area contributed by atoms with Crippen molar-refractivity contribution < 1.29 is 23.1 Å². The van der Waals surface area contributed by atoms with Gasteiger partial charge in [0.15, 0.2) is 11.2 Å². The highest BCUT2D eigenvalue weighted by Gasteiger charge is 2.22. The van der Waals surface area contributed by atoms with Gasteiger partial charge in [-0.2, -0.15) is 9.97 Å². The predicted octanol–water partition coefficient (Wildman–Crippen LogP) is 4.04. The molecule has 0 atom stereocenters. The fourth-order valence-electron chi connectivity index (χ4n) is 3.27. The Kier molecular flexibility index (Phi) is 11.2. The van der Waals surface area contributed by atoms with E-state index in [1.807, 2.05) is 18.4 Å². The molecule has 2 rings (SSSR count). The van der Waals surface area contributed by atoms with Gasteiger partial charge in [-0.05, 0) is 26.7 Å². The molecule has 0 saturated carbocycles. The molecule has 0 aliphatic carbocycles. The van der Waals surface area contributed by atoms with Crippen molar-refractivity contribution in [1.29, 1.82) is 0 Å². The summed E-state index contributed by atoms with van der Waals surface area (Å²) in [5, 5.41) is 0. The molecule has 0 aliphatic rings. The minimum absolute atomic E-state index is 0.165. The standard InChI is InChI=1S/C20H36N5O5P/c1-4-29-31(26,30-5-2)15-11-9-7-6-8-10-12-25-16-22-17-18(25)23-20(21)24-19(17)28-14-13-27-3/h16H,4-15H2,1-3H3,(H2,21,23,24). The van der Waals surface area contributed by atoms with E-state index < -0.39 is 7.60 Å². The monoisotopic (exact) mass is 457 g/mol. The van der Waals surface area contributed by atoms with Crippen LogP contribution in [0.5, 0.6) is 5.88 Å². The third kappa shape index (κ3) is 8.37. The third-order valence-corrected chi connectivity index (χ3v) is 6.88. The Hall–Kier alpha value is -1.74. The van der Waals surface area contributed by atoms with Gasteiger partial charge in [-0.1, -0.05) is 25.7 Å². The minimum atomic E-state index is -2.90. The average Bonchev–Trinajstić information content (AvgIpc) is 3.13. The number of rotatable bonds is 17. The predicted molar refractivity (Wildman–Crippen MR) is 121 cm³/mol. The Balaban J connectivity index is 1.72. The Morgan fingerprint density at radius 2 is 1.68 bits per heavy atom. The lowest BCUT2D eigenvalue weighted by Crippen LogP contribution is -2.08. The smallest absolute Gasteiger partial charge is 0.330 e. The molecule has 0 aliphatic heterocycles. The van der Waals surface area contributed by atoms with Gasteiger partial charge in [0.05, 0.1) is 32.3 Å². The summed E-state index contributed by atoms with van der Waals surface area (Å²) < 4.78 is 35.7. The summed E-state index contributed by atoms with van der Waals surface area (Å²) in [6, 6.07) is 0. The zero-order chi connectivity index (χ0) is 22.5. The topological polar surface area (TPSA) is 124 Å². The van der Waals surface area contributed by atoms with E-state index in [1.54, 1.807) is 13.4 Å². The number of nitrogens with zero attached hydrogens (tertiary/aromatic N) is 4. The molecular weight excluding hydrogens is 421 g/mol. The highest BCUT2D eigenvalue weighted by atomic mass is 31.2. The van der Waals surface area contributed by atoms with E-state index in [9.17, 15) is 4.57 Å². The molecule has 176 valence electrons. The van der Waals surface area contributed by atoms with Gasteiger partial charge < -0.3 is 28.8 Å². The normalized spacial score (nSPS) is 12.0. The third-order valence-electron chi connectivity index (χ3n) is 4.71. The molecule has 2 aromatic rings. The van der Waals surface area contributed by atoms with Gasteiger partial charge in [0, 0.05) is 13.7 Å². The van der Waals surface area contributed by atoms with Crippen molar-refractivity contribution in [3.8, 4) is 5.88 Å². The molecule has 0 fully saturated rings. The first-order valence-electron chi connectivity index (χ1n) is 11.0. The van der Waals surface area contributed by atoms with Crippen molar-refractivity contribution in [2.75, 3.05) is 45.4 Å². The Bertz CT molecular complexity index is 822. The summed E-state index contributed by atoms with van der Waals surface area (Å²) >= 11 is 0. The number of anilines is 1. The van der Waals surface area contributed by atoms with E-state index in [4.69, 9.17) is 24.3 Å².